The Hall–Kier alpha value is -2.10. The lowest BCUT2D eigenvalue weighted by Crippen LogP contribution is -2.09. The van der Waals surface area contributed by atoms with E-state index in [1.165, 1.54) is 5.56 Å². The van der Waals surface area contributed by atoms with Gasteiger partial charge in [0.15, 0.2) is 0 Å². The largest absolute Gasteiger partial charge is 0.477 e. The summed E-state index contributed by atoms with van der Waals surface area (Å²) < 4.78 is 1.57. The molecule has 0 aliphatic rings. The van der Waals surface area contributed by atoms with Gasteiger partial charge in [0.25, 0.3) is 0 Å². The SMILES string of the molecule is CCCn1nc(-c2ccc(C)cc2C)cc1C(=O)O. The third kappa shape index (κ3) is 2.67. The fourth-order valence-electron chi connectivity index (χ4n) is 2.20. The molecular weight excluding hydrogens is 240 g/mol. The lowest BCUT2D eigenvalue weighted by Gasteiger charge is -2.04. The highest BCUT2D eigenvalue weighted by Gasteiger charge is 2.15. The highest BCUT2D eigenvalue weighted by atomic mass is 16.4. The molecule has 0 atom stereocenters. The van der Waals surface area contributed by atoms with Crippen molar-refractivity contribution in [3.63, 3.8) is 0 Å². The zero-order valence-electron chi connectivity index (χ0n) is 11.5. The number of aryl methyl sites for hydroxylation is 3. The van der Waals surface area contributed by atoms with Gasteiger partial charge in [-0.2, -0.15) is 5.10 Å². The lowest BCUT2D eigenvalue weighted by molar-refractivity contribution is 0.0683. The molecule has 0 saturated carbocycles. The average Bonchev–Trinajstić information content (AvgIpc) is 2.73. The van der Waals surface area contributed by atoms with Crippen molar-refractivity contribution in [1.82, 2.24) is 9.78 Å². The van der Waals surface area contributed by atoms with Gasteiger partial charge in [-0.3, -0.25) is 4.68 Å². The second-order valence-electron chi connectivity index (χ2n) is 4.76. The van der Waals surface area contributed by atoms with E-state index in [9.17, 15) is 9.90 Å². The average molecular weight is 258 g/mol. The number of nitrogens with zero attached hydrogens (tertiary/aromatic N) is 2. The number of carbonyl (C=O) groups is 1. The molecule has 0 amide bonds. The maximum atomic E-state index is 11.2. The van der Waals surface area contributed by atoms with Gasteiger partial charge < -0.3 is 5.11 Å². The molecule has 2 rings (SSSR count). The van der Waals surface area contributed by atoms with Gasteiger partial charge in [0.2, 0.25) is 0 Å². The fraction of sp³-hybridized carbons (Fsp3) is 0.333. The van der Waals surface area contributed by atoms with Gasteiger partial charge in [0.05, 0.1) is 5.69 Å². The number of aromatic carboxylic acids is 1. The Labute approximate surface area is 112 Å². The predicted octanol–water partition coefficient (Wildman–Crippen LogP) is 3.28. The second-order valence-corrected chi connectivity index (χ2v) is 4.76. The number of benzene rings is 1. The molecule has 0 bridgehead atoms. The van der Waals surface area contributed by atoms with Crippen molar-refractivity contribution in [1.29, 1.82) is 0 Å². The van der Waals surface area contributed by atoms with E-state index in [1.54, 1.807) is 10.7 Å². The molecule has 100 valence electrons. The molecule has 0 aliphatic carbocycles. The van der Waals surface area contributed by atoms with Crippen LogP contribution in [0.4, 0.5) is 0 Å². The normalized spacial score (nSPS) is 10.7. The Kier molecular flexibility index (Phi) is 3.69. The highest BCUT2D eigenvalue weighted by Crippen LogP contribution is 2.24. The van der Waals surface area contributed by atoms with Gasteiger partial charge in [-0.15, -0.1) is 0 Å². The summed E-state index contributed by atoms with van der Waals surface area (Å²) in [5.74, 6) is -0.933. The molecule has 0 radical (unpaired) electrons. The first kappa shape index (κ1) is 13.3. The van der Waals surface area contributed by atoms with Crippen molar-refractivity contribution in [2.24, 2.45) is 0 Å². The number of carboxylic acids is 1. The minimum absolute atomic E-state index is 0.247. The Bertz CT molecular complexity index is 615. The summed E-state index contributed by atoms with van der Waals surface area (Å²) in [5, 5.41) is 13.6. The zero-order valence-corrected chi connectivity index (χ0v) is 11.5. The van der Waals surface area contributed by atoms with E-state index in [1.807, 2.05) is 32.9 Å². The molecule has 1 N–H and O–H groups in total. The molecule has 0 aliphatic heterocycles. The minimum atomic E-state index is -0.933. The van der Waals surface area contributed by atoms with E-state index in [2.05, 4.69) is 11.2 Å². The van der Waals surface area contributed by atoms with E-state index in [-0.39, 0.29) is 5.69 Å². The predicted molar refractivity (Wildman–Crippen MR) is 74.4 cm³/mol. The first-order valence-corrected chi connectivity index (χ1v) is 6.41. The maximum Gasteiger partial charge on any atom is 0.354 e. The molecule has 1 heterocycles. The lowest BCUT2D eigenvalue weighted by atomic mass is 10.0. The van der Waals surface area contributed by atoms with Gasteiger partial charge in [-0.05, 0) is 31.9 Å². The van der Waals surface area contributed by atoms with Gasteiger partial charge in [-0.25, -0.2) is 4.79 Å². The van der Waals surface area contributed by atoms with Crippen molar-refractivity contribution < 1.29 is 9.90 Å². The quantitative estimate of drug-likeness (QED) is 0.915. The molecular formula is C15H18N2O2. The first-order valence-electron chi connectivity index (χ1n) is 6.41. The summed E-state index contributed by atoms with van der Waals surface area (Å²) >= 11 is 0. The summed E-state index contributed by atoms with van der Waals surface area (Å²) in [4.78, 5) is 11.2. The van der Waals surface area contributed by atoms with Crippen molar-refractivity contribution in [3.05, 3.63) is 41.1 Å². The highest BCUT2D eigenvalue weighted by molar-refractivity contribution is 5.87. The maximum absolute atomic E-state index is 11.2. The van der Waals surface area contributed by atoms with Crippen molar-refractivity contribution >= 4 is 5.97 Å². The van der Waals surface area contributed by atoms with E-state index in [4.69, 9.17) is 0 Å². The Balaban J connectivity index is 2.50. The van der Waals surface area contributed by atoms with Crippen molar-refractivity contribution in [3.8, 4) is 11.3 Å². The molecule has 1 aromatic heterocycles. The van der Waals surface area contributed by atoms with Crippen LogP contribution >= 0.6 is 0 Å². The Morgan fingerprint density at radius 3 is 2.63 bits per heavy atom. The van der Waals surface area contributed by atoms with E-state index in [0.717, 1.165) is 23.2 Å². The monoisotopic (exact) mass is 258 g/mol. The molecule has 19 heavy (non-hydrogen) atoms. The second kappa shape index (κ2) is 5.26. The number of carboxylic acid groups (broad SMARTS) is 1. The van der Waals surface area contributed by atoms with Crippen LogP contribution in [0.1, 0.15) is 35.0 Å². The van der Waals surface area contributed by atoms with Gasteiger partial charge in [0, 0.05) is 12.1 Å². The molecule has 0 fully saturated rings. The Morgan fingerprint density at radius 2 is 2.05 bits per heavy atom. The summed E-state index contributed by atoms with van der Waals surface area (Å²) in [6.45, 7) is 6.67. The molecule has 0 unspecified atom stereocenters. The van der Waals surface area contributed by atoms with Gasteiger partial charge in [0.1, 0.15) is 5.69 Å². The molecule has 0 spiro atoms. The van der Waals surface area contributed by atoms with Crippen LogP contribution in [0, 0.1) is 13.8 Å². The molecule has 0 saturated heterocycles. The van der Waals surface area contributed by atoms with Gasteiger partial charge in [-0.1, -0.05) is 30.7 Å². The van der Waals surface area contributed by atoms with Crippen molar-refractivity contribution in [2.45, 2.75) is 33.7 Å². The van der Waals surface area contributed by atoms with Crippen LogP contribution in [0.5, 0.6) is 0 Å². The van der Waals surface area contributed by atoms with Crippen LogP contribution in [0.25, 0.3) is 11.3 Å². The smallest absolute Gasteiger partial charge is 0.354 e. The summed E-state index contributed by atoms with van der Waals surface area (Å²) in [5.41, 5.74) is 4.26. The van der Waals surface area contributed by atoms with Gasteiger partial charge >= 0.3 is 5.97 Å². The van der Waals surface area contributed by atoms with E-state index in [0.29, 0.717) is 6.54 Å². The molecule has 2 aromatic rings. The van der Waals surface area contributed by atoms with Crippen LogP contribution in [-0.4, -0.2) is 20.9 Å². The number of aromatic nitrogens is 2. The number of hydrogen-bond acceptors (Lipinski definition) is 2. The summed E-state index contributed by atoms with van der Waals surface area (Å²) in [6.07, 6.45) is 0.855. The van der Waals surface area contributed by atoms with Crippen LogP contribution in [0.15, 0.2) is 24.3 Å². The number of rotatable bonds is 4. The fourth-order valence-corrected chi connectivity index (χ4v) is 2.20. The van der Waals surface area contributed by atoms with Crippen molar-refractivity contribution in [2.75, 3.05) is 0 Å². The van der Waals surface area contributed by atoms with Crippen LogP contribution in [0.3, 0.4) is 0 Å². The Morgan fingerprint density at radius 1 is 1.32 bits per heavy atom. The topological polar surface area (TPSA) is 55.1 Å². The van der Waals surface area contributed by atoms with E-state index < -0.39 is 5.97 Å². The van der Waals surface area contributed by atoms with Crippen LogP contribution in [0.2, 0.25) is 0 Å². The molecule has 4 heteroatoms. The zero-order chi connectivity index (χ0) is 14.0. The molecule has 1 aromatic carbocycles. The third-order valence-corrected chi connectivity index (χ3v) is 3.09. The third-order valence-electron chi connectivity index (χ3n) is 3.09. The molecule has 4 nitrogen and oxygen atoms in total. The van der Waals surface area contributed by atoms with Crippen LogP contribution < -0.4 is 0 Å². The van der Waals surface area contributed by atoms with Crippen LogP contribution in [-0.2, 0) is 6.54 Å². The summed E-state index contributed by atoms with van der Waals surface area (Å²) in [6, 6.07) is 7.74. The standard InChI is InChI=1S/C15H18N2O2/c1-4-7-17-14(15(18)19)9-13(16-17)12-6-5-10(2)8-11(12)3/h5-6,8-9H,4,7H2,1-3H3,(H,18,19). The van der Waals surface area contributed by atoms with E-state index >= 15 is 0 Å². The number of hydrogen-bond donors (Lipinski definition) is 1. The minimum Gasteiger partial charge on any atom is -0.477 e. The summed E-state index contributed by atoms with van der Waals surface area (Å²) in [7, 11) is 0. The first-order chi connectivity index (χ1) is 9.02.